The molecular formula is C35H34O7. The minimum Gasteiger partial charge on any atom is -0.426 e. The van der Waals surface area contributed by atoms with E-state index in [9.17, 15) is 14.4 Å². The number of carbonyl (C=O) groups excluding carboxylic acids is 3. The number of benzene rings is 4. The molecular weight excluding hydrogens is 532 g/mol. The van der Waals surface area contributed by atoms with Crippen molar-refractivity contribution in [3.8, 4) is 23.0 Å². The highest BCUT2D eigenvalue weighted by molar-refractivity contribution is 5.99. The van der Waals surface area contributed by atoms with Crippen LogP contribution < -0.4 is 18.9 Å². The van der Waals surface area contributed by atoms with Gasteiger partial charge in [0.1, 0.15) is 23.0 Å². The lowest BCUT2D eigenvalue weighted by Gasteiger charge is -2.18. The summed E-state index contributed by atoms with van der Waals surface area (Å²) in [6.45, 7) is 10.6. The van der Waals surface area contributed by atoms with Crippen molar-refractivity contribution in [3.05, 3.63) is 95.1 Å². The highest BCUT2D eigenvalue weighted by atomic mass is 16.7. The number of hydrogen-bond acceptors (Lipinski definition) is 7. The number of hydrogen-bond donors (Lipinski definition) is 0. The van der Waals surface area contributed by atoms with Crippen LogP contribution in [0, 0.1) is 0 Å². The fourth-order valence-corrected chi connectivity index (χ4v) is 4.58. The summed E-state index contributed by atoms with van der Waals surface area (Å²) in [5.41, 5.74) is 3.47. The Morgan fingerprint density at radius 1 is 0.548 bits per heavy atom. The Balaban J connectivity index is 1.82. The minimum atomic E-state index is -0.928. The second-order valence-corrected chi connectivity index (χ2v) is 10.4. The summed E-state index contributed by atoms with van der Waals surface area (Å²) in [7, 11) is 0. The van der Waals surface area contributed by atoms with E-state index in [1.165, 1.54) is 13.8 Å². The normalized spacial score (nSPS) is 10.6. The molecule has 0 aliphatic carbocycles. The van der Waals surface area contributed by atoms with E-state index in [0.29, 0.717) is 68.5 Å². The summed E-state index contributed by atoms with van der Waals surface area (Å²) in [5, 5.41) is 2.45. The van der Waals surface area contributed by atoms with Crippen LogP contribution in [0.1, 0.15) is 52.7 Å². The van der Waals surface area contributed by atoms with E-state index in [4.69, 9.17) is 18.9 Å². The van der Waals surface area contributed by atoms with E-state index in [1.807, 2.05) is 64.1 Å². The molecule has 0 atom stereocenters. The molecule has 0 bridgehead atoms. The molecule has 4 aromatic rings. The number of rotatable bonds is 8. The average molecular weight is 567 g/mol. The van der Waals surface area contributed by atoms with Crippen molar-refractivity contribution in [1.29, 1.82) is 0 Å². The van der Waals surface area contributed by atoms with E-state index in [0.717, 1.165) is 11.1 Å². The number of allylic oxidation sites excluding steroid dienone is 4. The number of fused-ring (bicyclic) bond motifs is 2. The molecule has 0 saturated carbocycles. The van der Waals surface area contributed by atoms with Crippen LogP contribution in [-0.2, 0) is 22.4 Å². The molecule has 4 aromatic carbocycles. The maximum atomic E-state index is 13.5. The summed E-state index contributed by atoms with van der Waals surface area (Å²) in [4.78, 5) is 37.2. The lowest BCUT2D eigenvalue weighted by molar-refractivity contribution is -0.132. The maximum absolute atomic E-state index is 13.5. The van der Waals surface area contributed by atoms with Gasteiger partial charge < -0.3 is 18.9 Å². The third kappa shape index (κ3) is 7.23. The van der Waals surface area contributed by atoms with Crippen molar-refractivity contribution in [2.45, 2.75) is 54.4 Å². The molecule has 0 heterocycles. The van der Waals surface area contributed by atoms with Crippen LogP contribution >= 0.6 is 0 Å². The Morgan fingerprint density at radius 3 is 1.24 bits per heavy atom. The molecule has 216 valence electrons. The molecule has 0 aliphatic rings. The van der Waals surface area contributed by atoms with Gasteiger partial charge in [-0.25, -0.2) is 4.79 Å². The Bertz CT molecular complexity index is 1610. The molecule has 0 amide bonds. The van der Waals surface area contributed by atoms with Crippen LogP contribution in [0.5, 0.6) is 23.0 Å². The topological polar surface area (TPSA) is 88.1 Å². The summed E-state index contributed by atoms with van der Waals surface area (Å²) in [5.74, 6) is 0.495. The molecule has 0 saturated heterocycles. The summed E-state index contributed by atoms with van der Waals surface area (Å²) < 4.78 is 22.9. The summed E-state index contributed by atoms with van der Waals surface area (Å²) >= 11 is 0. The fraction of sp³-hybridized carbons (Fsp3) is 0.229. The molecule has 0 aliphatic heterocycles. The second-order valence-electron chi connectivity index (χ2n) is 10.4. The zero-order valence-electron chi connectivity index (χ0n) is 24.7. The van der Waals surface area contributed by atoms with Crippen LogP contribution in [0.25, 0.3) is 21.5 Å². The number of esters is 2. The fourth-order valence-electron chi connectivity index (χ4n) is 4.58. The summed E-state index contributed by atoms with van der Waals surface area (Å²) in [6.07, 6.45) is 3.95. The lowest BCUT2D eigenvalue weighted by atomic mass is 10.0. The molecule has 7 nitrogen and oxygen atoms in total. The van der Waals surface area contributed by atoms with E-state index < -0.39 is 18.1 Å². The van der Waals surface area contributed by atoms with Gasteiger partial charge in [0.25, 0.3) is 0 Å². The monoisotopic (exact) mass is 566 g/mol. The van der Waals surface area contributed by atoms with Crippen molar-refractivity contribution in [3.63, 3.8) is 0 Å². The van der Waals surface area contributed by atoms with Gasteiger partial charge in [-0.05, 0) is 52.7 Å². The van der Waals surface area contributed by atoms with Gasteiger partial charge in [0, 0.05) is 46.5 Å². The maximum Gasteiger partial charge on any atom is 0.519 e. The summed E-state index contributed by atoms with van der Waals surface area (Å²) in [6, 6.07) is 17.9. The quantitative estimate of drug-likeness (QED) is 0.0915. The first-order valence-corrected chi connectivity index (χ1v) is 13.7. The minimum absolute atomic E-state index is 0.315. The smallest absolute Gasteiger partial charge is 0.426 e. The predicted octanol–water partition coefficient (Wildman–Crippen LogP) is 8.44. The van der Waals surface area contributed by atoms with Crippen LogP contribution in [0.15, 0.2) is 84.0 Å². The molecule has 0 unspecified atom stereocenters. The van der Waals surface area contributed by atoms with Gasteiger partial charge in [-0.15, -0.1) is 0 Å². The van der Waals surface area contributed by atoms with Gasteiger partial charge in [0.15, 0.2) is 0 Å². The van der Waals surface area contributed by atoms with Gasteiger partial charge in [0.05, 0.1) is 0 Å². The molecule has 42 heavy (non-hydrogen) atoms. The SMILES string of the molecule is CC(=O)Oc1cc(CC=C(C)C)c(OC(=O)Oc2c(CC=C(C)C)cc(OC(C)=O)c3ccccc23)c2ccccc12. The van der Waals surface area contributed by atoms with Crippen molar-refractivity contribution in [2.24, 2.45) is 0 Å². The highest BCUT2D eigenvalue weighted by Gasteiger charge is 2.22. The third-order valence-corrected chi connectivity index (χ3v) is 6.41. The largest absolute Gasteiger partial charge is 0.519 e. The first kappa shape index (κ1) is 30.1. The van der Waals surface area contributed by atoms with Gasteiger partial charge in [-0.2, -0.15) is 0 Å². The zero-order chi connectivity index (χ0) is 30.4. The number of ether oxygens (including phenoxy) is 4. The Morgan fingerprint density at radius 2 is 0.905 bits per heavy atom. The van der Waals surface area contributed by atoms with E-state index >= 15 is 0 Å². The van der Waals surface area contributed by atoms with Gasteiger partial charge in [-0.1, -0.05) is 71.8 Å². The van der Waals surface area contributed by atoms with Crippen molar-refractivity contribution >= 4 is 39.6 Å². The Kier molecular flexibility index (Phi) is 9.42. The van der Waals surface area contributed by atoms with E-state index in [1.54, 1.807) is 36.4 Å². The van der Waals surface area contributed by atoms with E-state index in [-0.39, 0.29) is 0 Å². The predicted molar refractivity (Wildman–Crippen MR) is 163 cm³/mol. The molecule has 0 aromatic heterocycles. The highest BCUT2D eigenvalue weighted by Crippen LogP contribution is 2.40. The molecule has 0 fully saturated rings. The van der Waals surface area contributed by atoms with Gasteiger partial charge in [-0.3, -0.25) is 9.59 Å². The average Bonchev–Trinajstić information content (AvgIpc) is 2.93. The van der Waals surface area contributed by atoms with Crippen LogP contribution in [-0.4, -0.2) is 18.1 Å². The van der Waals surface area contributed by atoms with Crippen LogP contribution in [0.3, 0.4) is 0 Å². The van der Waals surface area contributed by atoms with Crippen molar-refractivity contribution in [2.75, 3.05) is 0 Å². The zero-order valence-corrected chi connectivity index (χ0v) is 24.7. The van der Waals surface area contributed by atoms with E-state index in [2.05, 4.69) is 0 Å². The molecule has 4 rings (SSSR count). The molecule has 0 N–H and O–H groups in total. The van der Waals surface area contributed by atoms with Gasteiger partial charge in [0.2, 0.25) is 0 Å². The third-order valence-electron chi connectivity index (χ3n) is 6.41. The Hall–Kier alpha value is -4.91. The van der Waals surface area contributed by atoms with Crippen molar-refractivity contribution < 1.29 is 33.3 Å². The lowest BCUT2D eigenvalue weighted by Crippen LogP contribution is -2.17. The van der Waals surface area contributed by atoms with Crippen LogP contribution in [0.4, 0.5) is 4.79 Å². The standard InChI is InChI=1S/C35H34O7/c1-21(2)15-17-25-19-31(39-23(5)36)27-11-7-9-13-29(27)33(25)41-35(38)42-34-26(18-16-22(3)4)20-32(40-24(6)37)28-12-8-10-14-30(28)34/h7-16,19-20H,17-18H2,1-6H3. The Labute approximate surface area is 245 Å². The number of carbonyl (C=O) groups is 3. The first-order chi connectivity index (χ1) is 20.0. The second kappa shape index (κ2) is 13.2. The molecule has 7 heteroatoms. The first-order valence-electron chi connectivity index (χ1n) is 13.7. The van der Waals surface area contributed by atoms with Gasteiger partial charge >= 0.3 is 18.1 Å². The van der Waals surface area contributed by atoms with Crippen molar-refractivity contribution in [1.82, 2.24) is 0 Å². The van der Waals surface area contributed by atoms with Crippen LogP contribution in [0.2, 0.25) is 0 Å². The molecule has 0 spiro atoms. The molecule has 0 radical (unpaired) electrons.